The van der Waals surface area contributed by atoms with Gasteiger partial charge in [-0.2, -0.15) is 0 Å². The molecule has 0 fully saturated rings. The van der Waals surface area contributed by atoms with Crippen molar-refractivity contribution >= 4 is 45.0 Å². The molecule has 0 atom stereocenters. The van der Waals surface area contributed by atoms with Gasteiger partial charge in [0, 0.05) is 10.4 Å². The van der Waals surface area contributed by atoms with Gasteiger partial charge in [-0.3, -0.25) is 0 Å². The van der Waals surface area contributed by atoms with Gasteiger partial charge in [-0.1, -0.05) is 35.5 Å². The van der Waals surface area contributed by atoms with Crippen LogP contribution in [-0.2, 0) is 9.63 Å². The Morgan fingerprint density at radius 3 is 2.63 bits per heavy atom. The Morgan fingerprint density at radius 1 is 1.16 bits per heavy atom. The highest BCUT2D eigenvalue weighted by Gasteiger charge is 2.26. The molecule has 19 heavy (non-hydrogen) atoms. The molecule has 1 aromatic heterocycles. The summed E-state index contributed by atoms with van der Waals surface area (Å²) in [6.07, 6.45) is 1.80. The lowest BCUT2D eigenvalue weighted by atomic mass is 10.0. The molecule has 1 aromatic carbocycles. The van der Waals surface area contributed by atoms with Crippen molar-refractivity contribution in [2.75, 3.05) is 0 Å². The third-order valence-corrected chi connectivity index (χ3v) is 4.19. The van der Waals surface area contributed by atoms with Crippen LogP contribution in [0.1, 0.15) is 10.4 Å². The van der Waals surface area contributed by atoms with Gasteiger partial charge in [-0.05, 0) is 34.1 Å². The zero-order valence-electron chi connectivity index (χ0n) is 9.67. The number of hydrogen-bond donors (Lipinski definition) is 0. The SMILES string of the molecule is O=C1ON=C(c2ccccc2)/C1=C\c1ccc(Br)s1. The molecule has 0 bridgehead atoms. The number of carbonyl (C=O) groups is 1. The van der Waals surface area contributed by atoms with Crippen molar-refractivity contribution in [3.8, 4) is 0 Å². The number of rotatable bonds is 2. The van der Waals surface area contributed by atoms with E-state index in [1.807, 2.05) is 42.5 Å². The summed E-state index contributed by atoms with van der Waals surface area (Å²) in [7, 11) is 0. The molecule has 1 aliphatic heterocycles. The third-order valence-electron chi connectivity index (χ3n) is 2.62. The number of carbonyl (C=O) groups excluding carboxylic acids is 1. The smallest absolute Gasteiger partial charge is 0.312 e. The second kappa shape index (κ2) is 5.11. The second-order valence-corrected chi connectivity index (χ2v) is 6.38. The van der Waals surface area contributed by atoms with E-state index in [9.17, 15) is 4.79 Å². The summed E-state index contributed by atoms with van der Waals surface area (Å²) in [5.74, 6) is -0.414. The van der Waals surface area contributed by atoms with Gasteiger partial charge in [0.15, 0.2) is 0 Å². The lowest BCUT2D eigenvalue weighted by molar-refractivity contribution is -0.136. The van der Waals surface area contributed by atoms with Gasteiger partial charge in [-0.15, -0.1) is 11.3 Å². The van der Waals surface area contributed by atoms with Crippen molar-refractivity contribution in [2.45, 2.75) is 0 Å². The molecule has 2 heterocycles. The van der Waals surface area contributed by atoms with E-state index in [0.717, 1.165) is 14.2 Å². The third kappa shape index (κ3) is 2.52. The summed E-state index contributed by atoms with van der Waals surface area (Å²) in [5, 5.41) is 3.86. The first-order valence-corrected chi connectivity index (χ1v) is 7.17. The van der Waals surface area contributed by atoms with Crippen LogP contribution in [0.25, 0.3) is 6.08 Å². The van der Waals surface area contributed by atoms with Gasteiger partial charge >= 0.3 is 5.97 Å². The molecule has 0 N–H and O–H groups in total. The molecule has 0 radical (unpaired) electrons. The van der Waals surface area contributed by atoms with Gasteiger partial charge < -0.3 is 4.84 Å². The van der Waals surface area contributed by atoms with E-state index >= 15 is 0 Å². The Balaban J connectivity index is 2.01. The van der Waals surface area contributed by atoms with Crippen molar-refractivity contribution in [3.05, 3.63) is 62.3 Å². The van der Waals surface area contributed by atoms with Crippen LogP contribution in [0.15, 0.2) is 57.0 Å². The van der Waals surface area contributed by atoms with E-state index in [4.69, 9.17) is 4.84 Å². The second-order valence-electron chi connectivity index (χ2n) is 3.88. The zero-order valence-corrected chi connectivity index (χ0v) is 12.1. The Hall–Kier alpha value is -1.72. The molecule has 2 aromatic rings. The summed E-state index contributed by atoms with van der Waals surface area (Å²) >= 11 is 4.95. The van der Waals surface area contributed by atoms with Crippen LogP contribution in [0.4, 0.5) is 0 Å². The van der Waals surface area contributed by atoms with E-state index in [-0.39, 0.29) is 0 Å². The topological polar surface area (TPSA) is 38.7 Å². The van der Waals surface area contributed by atoms with Crippen LogP contribution in [0.5, 0.6) is 0 Å². The summed E-state index contributed by atoms with van der Waals surface area (Å²) in [6.45, 7) is 0. The van der Waals surface area contributed by atoms with E-state index < -0.39 is 5.97 Å². The minimum Gasteiger partial charge on any atom is -0.312 e. The number of benzene rings is 1. The minimum atomic E-state index is -0.414. The van der Waals surface area contributed by atoms with E-state index in [2.05, 4.69) is 21.1 Å². The molecule has 0 unspecified atom stereocenters. The first kappa shape index (κ1) is 12.3. The molecule has 3 rings (SSSR count). The van der Waals surface area contributed by atoms with Crippen LogP contribution in [0.2, 0.25) is 0 Å². The van der Waals surface area contributed by atoms with Gasteiger partial charge in [-0.25, -0.2) is 4.79 Å². The molecule has 3 nitrogen and oxygen atoms in total. The van der Waals surface area contributed by atoms with Gasteiger partial charge in [0.05, 0.1) is 9.36 Å². The summed E-state index contributed by atoms with van der Waals surface area (Å²) in [6, 6.07) is 13.4. The highest BCUT2D eigenvalue weighted by molar-refractivity contribution is 9.11. The Bertz CT molecular complexity index is 688. The molecule has 5 heteroatoms. The highest BCUT2D eigenvalue weighted by atomic mass is 79.9. The Labute approximate surface area is 122 Å². The molecule has 0 aliphatic carbocycles. The van der Waals surface area contributed by atoms with Crippen molar-refractivity contribution in [1.29, 1.82) is 0 Å². The standard InChI is InChI=1S/C14H8BrNO2S/c15-12-7-6-10(19-12)8-11-13(16-18-14(11)17)9-4-2-1-3-5-9/h1-8H/b11-8+. The average molecular weight is 334 g/mol. The fourth-order valence-corrected chi connectivity index (χ4v) is 3.13. The number of oxime groups is 1. The lowest BCUT2D eigenvalue weighted by Crippen LogP contribution is -2.06. The van der Waals surface area contributed by atoms with Crippen molar-refractivity contribution in [1.82, 2.24) is 0 Å². The fraction of sp³-hybridized carbons (Fsp3) is 0. The van der Waals surface area contributed by atoms with Crippen molar-refractivity contribution in [2.24, 2.45) is 5.16 Å². The largest absolute Gasteiger partial charge is 0.368 e. The molecule has 0 saturated carbocycles. The first-order valence-electron chi connectivity index (χ1n) is 5.56. The number of thiophene rings is 1. The summed E-state index contributed by atoms with van der Waals surface area (Å²) in [4.78, 5) is 17.5. The van der Waals surface area contributed by atoms with Gasteiger partial charge in [0.1, 0.15) is 5.71 Å². The molecule has 0 amide bonds. The number of hydrogen-bond acceptors (Lipinski definition) is 4. The lowest BCUT2D eigenvalue weighted by Gasteiger charge is -1.98. The van der Waals surface area contributed by atoms with Crippen LogP contribution in [0, 0.1) is 0 Å². The van der Waals surface area contributed by atoms with Crippen LogP contribution in [-0.4, -0.2) is 11.7 Å². The number of nitrogens with zero attached hydrogens (tertiary/aromatic N) is 1. The van der Waals surface area contributed by atoms with E-state index in [1.54, 1.807) is 17.4 Å². The normalized spacial score (nSPS) is 16.6. The molecule has 94 valence electrons. The maximum absolute atomic E-state index is 11.8. The highest BCUT2D eigenvalue weighted by Crippen LogP contribution is 2.27. The van der Waals surface area contributed by atoms with E-state index in [1.165, 1.54) is 0 Å². The number of halogens is 1. The predicted molar refractivity (Wildman–Crippen MR) is 79.1 cm³/mol. The average Bonchev–Trinajstić information content (AvgIpc) is 2.99. The van der Waals surface area contributed by atoms with Gasteiger partial charge in [0.25, 0.3) is 0 Å². The summed E-state index contributed by atoms with van der Waals surface area (Å²) in [5.41, 5.74) is 1.94. The molecule has 1 aliphatic rings. The maximum atomic E-state index is 11.8. The quantitative estimate of drug-likeness (QED) is 0.618. The first-order chi connectivity index (χ1) is 9.24. The maximum Gasteiger partial charge on any atom is 0.368 e. The van der Waals surface area contributed by atoms with Crippen molar-refractivity contribution < 1.29 is 9.63 Å². The molecular weight excluding hydrogens is 326 g/mol. The van der Waals surface area contributed by atoms with Crippen LogP contribution >= 0.6 is 27.3 Å². The van der Waals surface area contributed by atoms with Gasteiger partial charge in [0.2, 0.25) is 0 Å². The molecule has 0 spiro atoms. The van der Waals surface area contributed by atoms with E-state index in [0.29, 0.717) is 11.3 Å². The van der Waals surface area contributed by atoms with Crippen LogP contribution in [0.3, 0.4) is 0 Å². The zero-order chi connectivity index (χ0) is 13.2. The Kier molecular flexibility index (Phi) is 3.31. The monoisotopic (exact) mass is 333 g/mol. The fourth-order valence-electron chi connectivity index (χ4n) is 1.76. The minimum absolute atomic E-state index is 0.414. The summed E-state index contributed by atoms with van der Waals surface area (Å²) < 4.78 is 1.02. The molecule has 0 saturated heterocycles. The van der Waals surface area contributed by atoms with Crippen molar-refractivity contribution in [3.63, 3.8) is 0 Å². The Morgan fingerprint density at radius 2 is 1.95 bits per heavy atom. The molecular formula is C14H8BrNO2S. The predicted octanol–water partition coefficient (Wildman–Crippen LogP) is 3.86. The van der Waals surface area contributed by atoms with Crippen LogP contribution < -0.4 is 0 Å².